The van der Waals surface area contributed by atoms with Gasteiger partial charge in [0.15, 0.2) is 0 Å². The first-order chi connectivity index (χ1) is 13.7. The van der Waals surface area contributed by atoms with Gasteiger partial charge >= 0.3 is 0 Å². The Morgan fingerprint density at radius 2 is 1.82 bits per heavy atom. The van der Waals surface area contributed by atoms with Crippen LogP contribution in [-0.2, 0) is 6.42 Å². The van der Waals surface area contributed by atoms with Gasteiger partial charge in [-0.25, -0.2) is 9.37 Å². The van der Waals surface area contributed by atoms with Gasteiger partial charge in [-0.05, 0) is 68.0 Å². The van der Waals surface area contributed by atoms with Crippen LogP contribution < -0.4 is 0 Å². The van der Waals surface area contributed by atoms with E-state index in [0.29, 0.717) is 6.04 Å². The first-order valence-corrected chi connectivity index (χ1v) is 11.3. The van der Waals surface area contributed by atoms with Gasteiger partial charge in [-0.15, -0.1) is 11.8 Å². The molecule has 28 heavy (non-hydrogen) atoms. The number of hydrogen-bond donors (Lipinski definition) is 0. The van der Waals surface area contributed by atoms with E-state index >= 15 is 0 Å². The lowest BCUT2D eigenvalue weighted by molar-refractivity contribution is 0.187. The number of halogens is 1. The van der Waals surface area contributed by atoms with Crippen molar-refractivity contribution < 1.29 is 4.39 Å². The van der Waals surface area contributed by atoms with E-state index < -0.39 is 0 Å². The fourth-order valence-electron chi connectivity index (χ4n) is 4.16. The zero-order valence-corrected chi connectivity index (χ0v) is 17.3. The lowest BCUT2D eigenvalue weighted by Gasteiger charge is -2.33. The van der Waals surface area contributed by atoms with Crippen LogP contribution in [0.1, 0.15) is 38.1 Å². The fourth-order valence-corrected chi connectivity index (χ4v) is 5.00. The Kier molecular flexibility index (Phi) is 6.33. The number of aryl methyl sites for hydroxylation is 1. The Balaban J connectivity index is 1.27. The van der Waals surface area contributed by atoms with Crippen molar-refractivity contribution in [2.24, 2.45) is 0 Å². The fraction of sp³-hybridized carbons (Fsp3) is 0.435. The molecule has 0 bridgehead atoms. The smallest absolute Gasteiger partial charge is 0.123 e. The van der Waals surface area contributed by atoms with Crippen LogP contribution in [0.5, 0.6) is 0 Å². The molecule has 1 aromatic heterocycles. The number of imidazole rings is 1. The molecule has 3 nitrogen and oxygen atoms in total. The lowest BCUT2D eigenvalue weighted by Crippen LogP contribution is -2.35. The number of rotatable bonds is 7. The molecule has 1 aliphatic heterocycles. The average Bonchev–Trinajstić information content (AvgIpc) is 3.12. The number of para-hydroxylation sites is 2. The largest absolute Gasteiger partial charge is 0.325 e. The van der Waals surface area contributed by atoms with E-state index in [4.69, 9.17) is 4.98 Å². The summed E-state index contributed by atoms with van der Waals surface area (Å²) in [6, 6.07) is 15.9. The maximum absolute atomic E-state index is 13.0. The Bertz CT molecular complexity index is 898. The highest BCUT2D eigenvalue weighted by atomic mass is 32.2. The summed E-state index contributed by atoms with van der Waals surface area (Å²) in [5, 5.41) is 0. The Labute approximate surface area is 171 Å². The van der Waals surface area contributed by atoms with Crippen molar-refractivity contribution in [3.8, 4) is 0 Å². The molecule has 148 valence electrons. The second-order valence-corrected chi connectivity index (χ2v) is 8.64. The van der Waals surface area contributed by atoms with Gasteiger partial charge in [0.2, 0.25) is 0 Å². The number of nitrogens with zero attached hydrogens (tertiary/aromatic N) is 3. The van der Waals surface area contributed by atoms with Crippen LogP contribution in [0.4, 0.5) is 4.39 Å². The van der Waals surface area contributed by atoms with E-state index in [1.165, 1.54) is 42.7 Å². The van der Waals surface area contributed by atoms with Crippen LogP contribution >= 0.6 is 11.8 Å². The molecule has 1 fully saturated rings. The minimum atomic E-state index is -0.163. The normalized spacial score (nSPS) is 16.1. The van der Waals surface area contributed by atoms with E-state index in [2.05, 4.69) is 40.7 Å². The third-order valence-corrected chi connectivity index (χ3v) is 6.71. The summed E-state index contributed by atoms with van der Waals surface area (Å²) in [5.74, 6) is 2.14. The summed E-state index contributed by atoms with van der Waals surface area (Å²) in [6.45, 7) is 5.65. The molecule has 0 N–H and O–H groups in total. The van der Waals surface area contributed by atoms with Crippen LogP contribution in [0.25, 0.3) is 11.0 Å². The molecule has 0 saturated carbocycles. The van der Waals surface area contributed by atoms with E-state index in [0.717, 1.165) is 42.2 Å². The molecule has 3 aromatic rings. The van der Waals surface area contributed by atoms with Gasteiger partial charge < -0.3 is 9.47 Å². The molecule has 0 amide bonds. The van der Waals surface area contributed by atoms with Crippen molar-refractivity contribution in [2.45, 2.75) is 43.5 Å². The van der Waals surface area contributed by atoms with Crippen LogP contribution in [0.2, 0.25) is 0 Å². The van der Waals surface area contributed by atoms with E-state index in [1.807, 2.05) is 23.9 Å². The maximum Gasteiger partial charge on any atom is 0.123 e. The summed E-state index contributed by atoms with van der Waals surface area (Å²) in [5.41, 5.74) is 2.41. The topological polar surface area (TPSA) is 21.1 Å². The highest BCUT2D eigenvalue weighted by Gasteiger charge is 2.23. The number of thioether (sulfide) groups is 1. The predicted molar refractivity (Wildman–Crippen MR) is 116 cm³/mol. The third kappa shape index (κ3) is 4.41. The van der Waals surface area contributed by atoms with Crippen molar-refractivity contribution >= 4 is 22.8 Å². The number of piperidine rings is 1. The first kappa shape index (κ1) is 19.5. The van der Waals surface area contributed by atoms with Gasteiger partial charge in [-0.2, -0.15) is 0 Å². The number of hydrogen-bond acceptors (Lipinski definition) is 3. The summed E-state index contributed by atoms with van der Waals surface area (Å²) >= 11 is 1.82. The van der Waals surface area contributed by atoms with Gasteiger partial charge in [-0.1, -0.05) is 19.1 Å². The monoisotopic (exact) mass is 397 g/mol. The highest BCUT2D eigenvalue weighted by Crippen LogP contribution is 2.29. The Morgan fingerprint density at radius 1 is 1.07 bits per heavy atom. The number of fused-ring (bicyclic) bond motifs is 1. The Hall–Kier alpha value is -1.85. The molecular formula is C23H28FN3S. The molecular weight excluding hydrogens is 369 g/mol. The van der Waals surface area contributed by atoms with Crippen LogP contribution in [0.3, 0.4) is 0 Å². The second-order valence-electron chi connectivity index (χ2n) is 7.47. The molecule has 0 atom stereocenters. The molecule has 1 saturated heterocycles. The number of likely N-dealkylation sites (tertiary alicyclic amines) is 1. The van der Waals surface area contributed by atoms with Crippen molar-refractivity contribution in [3.63, 3.8) is 0 Å². The quantitative estimate of drug-likeness (QED) is 0.385. The molecule has 2 heterocycles. The van der Waals surface area contributed by atoms with E-state index in [9.17, 15) is 4.39 Å². The molecule has 5 heteroatoms. The molecule has 0 unspecified atom stereocenters. The van der Waals surface area contributed by atoms with E-state index in [-0.39, 0.29) is 5.82 Å². The Morgan fingerprint density at radius 3 is 2.57 bits per heavy atom. The zero-order chi connectivity index (χ0) is 19.3. The van der Waals surface area contributed by atoms with Gasteiger partial charge in [0.05, 0.1) is 11.0 Å². The molecule has 1 aliphatic rings. The zero-order valence-electron chi connectivity index (χ0n) is 16.5. The SMILES string of the molecule is CCc1nc2ccccc2n1C1CCN(CCCSc2ccc(F)cc2)CC1. The lowest BCUT2D eigenvalue weighted by atomic mass is 10.0. The summed E-state index contributed by atoms with van der Waals surface area (Å²) in [7, 11) is 0. The average molecular weight is 398 g/mol. The molecule has 0 aliphatic carbocycles. The maximum atomic E-state index is 13.0. The second kappa shape index (κ2) is 9.10. The predicted octanol–water partition coefficient (Wildman–Crippen LogP) is 5.56. The van der Waals surface area contributed by atoms with Gasteiger partial charge in [0.25, 0.3) is 0 Å². The summed E-state index contributed by atoms with van der Waals surface area (Å²) < 4.78 is 15.5. The number of aromatic nitrogens is 2. The third-order valence-electron chi connectivity index (χ3n) is 5.61. The molecule has 4 rings (SSSR count). The van der Waals surface area contributed by atoms with Crippen molar-refractivity contribution in [3.05, 3.63) is 60.2 Å². The van der Waals surface area contributed by atoms with Gasteiger partial charge in [-0.3, -0.25) is 0 Å². The van der Waals surface area contributed by atoms with Crippen LogP contribution in [0.15, 0.2) is 53.4 Å². The first-order valence-electron chi connectivity index (χ1n) is 10.3. The molecule has 0 radical (unpaired) electrons. The highest BCUT2D eigenvalue weighted by molar-refractivity contribution is 7.99. The minimum absolute atomic E-state index is 0.163. The standard InChI is InChI=1S/C23H28FN3S/c1-2-23-25-21-6-3-4-7-22(21)27(23)19-12-15-26(16-13-19)14-5-17-28-20-10-8-18(24)9-11-20/h3-4,6-11,19H,2,5,12-17H2,1H3. The number of benzene rings is 2. The van der Waals surface area contributed by atoms with Crippen molar-refractivity contribution in [1.29, 1.82) is 0 Å². The van der Waals surface area contributed by atoms with Crippen LogP contribution in [0, 0.1) is 5.82 Å². The summed E-state index contributed by atoms with van der Waals surface area (Å²) in [6.07, 6.45) is 4.54. The van der Waals surface area contributed by atoms with Gasteiger partial charge in [0.1, 0.15) is 11.6 Å². The van der Waals surface area contributed by atoms with Crippen LogP contribution in [-0.4, -0.2) is 39.8 Å². The van der Waals surface area contributed by atoms with Crippen molar-refractivity contribution in [1.82, 2.24) is 14.5 Å². The van der Waals surface area contributed by atoms with Crippen molar-refractivity contribution in [2.75, 3.05) is 25.4 Å². The minimum Gasteiger partial charge on any atom is -0.325 e. The molecule has 2 aromatic carbocycles. The van der Waals surface area contributed by atoms with E-state index in [1.54, 1.807) is 0 Å². The molecule has 0 spiro atoms. The summed E-state index contributed by atoms with van der Waals surface area (Å²) in [4.78, 5) is 8.59. The van der Waals surface area contributed by atoms with Gasteiger partial charge in [0, 0.05) is 30.4 Å².